The van der Waals surface area contributed by atoms with E-state index in [9.17, 15) is 0 Å². The Hall–Kier alpha value is -0.240. The van der Waals surface area contributed by atoms with E-state index in [1.54, 1.807) is 0 Å². The number of likely N-dealkylation sites (N-methyl/N-ethyl adjacent to an activating group) is 1. The average Bonchev–Trinajstić information content (AvgIpc) is 2.30. The Kier molecular flexibility index (Phi) is 5.60. The lowest BCUT2D eigenvalue weighted by atomic mass is 9.82. The number of benzene rings is 1. The van der Waals surface area contributed by atoms with Gasteiger partial charge in [-0.25, -0.2) is 0 Å². The van der Waals surface area contributed by atoms with Crippen LogP contribution in [-0.2, 0) is 0 Å². The van der Waals surface area contributed by atoms with Crippen molar-refractivity contribution >= 4 is 24.0 Å². The number of hydrogen-bond donors (Lipinski definition) is 0. The lowest BCUT2D eigenvalue weighted by Gasteiger charge is -2.36. The molecule has 0 aliphatic carbocycles. The van der Waals surface area contributed by atoms with Crippen molar-refractivity contribution in [2.45, 2.75) is 12.3 Å². The molecule has 1 heterocycles. The molecule has 2 rings (SSSR count). The summed E-state index contributed by atoms with van der Waals surface area (Å²) in [4.78, 5) is 2.40. The molecule has 0 spiro atoms. The normalized spacial score (nSPS) is 26.1. The maximum absolute atomic E-state index is 6.05. The first-order chi connectivity index (χ1) is 7.31. The van der Waals surface area contributed by atoms with Crippen molar-refractivity contribution in [2.75, 3.05) is 26.0 Å². The molecule has 1 aromatic carbocycles. The number of likely N-dealkylation sites (tertiary alicyclic amines) is 1. The van der Waals surface area contributed by atoms with Gasteiger partial charge in [-0.2, -0.15) is 0 Å². The van der Waals surface area contributed by atoms with Crippen LogP contribution in [0.4, 0.5) is 0 Å². The first kappa shape index (κ1) is 13.8. The van der Waals surface area contributed by atoms with E-state index in [4.69, 9.17) is 11.6 Å². The van der Waals surface area contributed by atoms with Crippen LogP contribution in [-0.4, -0.2) is 30.9 Å². The molecular weight excluding hydrogens is 241 g/mol. The Bertz CT molecular complexity index is 302. The minimum absolute atomic E-state index is 0. The van der Waals surface area contributed by atoms with Crippen LogP contribution in [0.25, 0.3) is 0 Å². The number of hydrogen-bond acceptors (Lipinski definition) is 1. The molecule has 1 saturated heterocycles. The molecule has 0 saturated carbocycles. The van der Waals surface area contributed by atoms with Crippen LogP contribution in [0, 0.1) is 5.92 Å². The van der Waals surface area contributed by atoms with Crippen molar-refractivity contribution < 1.29 is 0 Å². The zero-order valence-electron chi connectivity index (χ0n) is 9.60. The molecule has 0 N–H and O–H groups in total. The van der Waals surface area contributed by atoms with Gasteiger partial charge in [0.25, 0.3) is 0 Å². The summed E-state index contributed by atoms with van der Waals surface area (Å²) in [6.45, 7) is 2.32. The van der Waals surface area contributed by atoms with E-state index in [1.807, 2.05) is 0 Å². The Morgan fingerprint density at radius 1 is 1.31 bits per heavy atom. The van der Waals surface area contributed by atoms with Gasteiger partial charge < -0.3 is 4.90 Å². The Morgan fingerprint density at radius 2 is 2.00 bits per heavy atom. The molecule has 16 heavy (non-hydrogen) atoms. The maximum atomic E-state index is 6.05. The van der Waals surface area contributed by atoms with Crippen LogP contribution < -0.4 is 0 Å². The van der Waals surface area contributed by atoms with Crippen molar-refractivity contribution in [1.29, 1.82) is 0 Å². The molecule has 0 aromatic heterocycles. The van der Waals surface area contributed by atoms with Gasteiger partial charge in [0, 0.05) is 18.3 Å². The van der Waals surface area contributed by atoms with Gasteiger partial charge in [-0.1, -0.05) is 30.3 Å². The van der Waals surface area contributed by atoms with Gasteiger partial charge in [0.15, 0.2) is 0 Å². The largest absolute Gasteiger partial charge is 0.306 e. The minimum atomic E-state index is 0. The summed E-state index contributed by atoms with van der Waals surface area (Å²) in [5.41, 5.74) is 1.44. The average molecular weight is 260 g/mol. The second-order valence-corrected chi connectivity index (χ2v) is 4.79. The molecule has 0 amide bonds. The standard InChI is InChI=1S/C13H18ClN.ClH/c1-15-8-7-12(9-14)13(10-15)11-5-3-2-4-6-11;/h2-6,12-13H,7-10H2,1H3;1H. The third-order valence-corrected chi connectivity index (χ3v) is 3.78. The molecule has 1 fully saturated rings. The van der Waals surface area contributed by atoms with Gasteiger partial charge in [-0.3, -0.25) is 0 Å². The lowest BCUT2D eigenvalue weighted by Crippen LogP contribution is -2.37. The molecule has 1 aliphatic heterocycles. The summed E-state index contributed by atoms with van der Waals surface area (Å²) in [5, 5.41) is 0. The fraction of sp³-hybridized carbons (Fsp3) is 0.538. The molecule has 1 aliphatic rings. The third kappa shape index (κ3) is 3.13. The Labute approximate surface area is 109 Å². The smallest absolute Gasteiger partial charge is 0.0258 e. The topological polar surface area (TPSA) is 3.24 Å². The first-order valence-corrected chi connectivity index (χ1v) is 6.14. The van der Waals surface area contributed by atoms with Gasteiger partial charge >= 0.3 is 0 Å². The van der Waals surface area contributed by atoms with E-state index in [0.717, 1.165) is 12.4 Å². The van der Waals surface area contributed by atoms with Gasteiger partial charge in [-0.15, -0.1) is 24.0 Å². The Balaban J connectivity index is 0.00000128. The SMILES string of the molecule is CN1CCC(CCl)C(c2ccccc2)C1.Cl. The molecule has 1 aromatic rings. The molecule has 2 atom stereocenters. The summed E-state index contributed by atoms with van der Waals surface area (Å²) in [6.07, 6.45) is 1.22. The van der Waals surface area contributed by atoms with Crippen LogP contribution in [0.5, 0.6) is 0 Å². The quantitative estimate of drug-likeness (QED) is 0.737. The van der Waals surface area contributed by atoms with E-state index in [2.05, 4.69) is 42.3 Å². The monoisotopic (exact) mass is 259 g/mol. The zero-order valence-corrected chi connectivity index (χ0v) is 11.2. The van der Waals surface area contributed by atoms with Crippen LogP contribution in [0.15, 0.2) is 30.3 Å². The van der Waals surface area contributed by atoms with Gasteiger partial charge in [0.1, 0.15) is 0 Å². The summed E-state index contributed by atoms with van der Waals surface area (Å²) in [5.74, 6) is 2.04. The number of rotatable bonds is 2. The summed E-state index contributed by atoms with van der Waals surface area (Å²) in [7, 11) is 2.19. The van der Waals surface area contributed by atoms with Crippen LogP contribution in [0.2, 0.25) is 0 Å². The summed E-state index contributed by atoms with van der Waals surface area (Å²) >= 11 is 6.05. The first-order valence-electron chi connectivity index (χ1n) is 5.60. The van der Waals surface area contributed by atoms with E-state index >= 15 is 0 Å². The van der Waals surface area contributed by atoms with E-state index in [1.165, 1.54) is 18.5 Å². The van der Waals surface area contributed by atoms with E-state index in [-0.39, 0.29) is 12.4 Å². The maximum Gasteiger partial charge on any atom is 0.0258 e. The highest BCUT2D eigenvalue weighted by Crippen LogP contribution is 2.32. The van der Waals surface area contributed by atoms with Crippen molar-refractivity contribution in [3.8, 4) is 0 Å². The second-order valence-electron chi connectivity index (χ2n) is 4.48. The predicted octanol–water partition coefficient (Wildman–Crippen LogP) is 3.38. The van der Waals surface area contributed by atoms with Crippen molar-refractivity contribution in [2.24, 2.45) is 5.92 Å². The van der Waals surface area contributed by atoms with E-state index < -0.39 is 0 Å². The molecule has 2 unspecified atom stereocenters. The predicted molar refractivity (Wildman–Crippen MR) is 72.8 cm³/mol. The number of halogens is 2. The van der Waals surface area contributed by atoms with Gasteiger partial charge in [-0.05, 0) is 31.5 Å². The highest BCUT2D eigenvalue weighted by atomic mass is 35.5. The molecule has 1 nitrogen and oxygen atoms in total. The van der Waals surface area contributed by atoms with Gasteiger partial charge in [0.2, 0.25) is 0 Å². The highest BCUT2D eigenvalue weighted by molar-refractivity contribution is 6.18. The minimum Gasteiger partial charge on any atom is -0.306 e. The van der Waals surface area contributed by atoms with E-state index in [0.29, 0.717) is 11.8 Å². The lowest BCUT2D eigenvalue weighted by molar-refractivity contribution is 0.201. The van der Waals surface area contributed by atoms with Gasteiger partial charge in [0.05, 0.1) is 0 Å². The molecule has 3 heteroatoms. The molecule has 0 radical (unpaired) electrons. The fourth-order valence-corrected chi connectivity index (χ4v) is 2.80. The van der Waals surface area contributed by atoms with Crippen molar-refractivity contribution in [1.82, 2.24) is 4.90 Å². The van der Waals surface area contributed by atoms with Crippen LogP contribution in [0.3, 0.4) is 0 Å². The summed E-state index contributed by atoms with van der Waals surface area (Å²) in [6, 6.07) is 10.8. The van der Waals surface area contributed by atoms with Crippen LogP contribution in [0.1, 0.15) is 17.9 Å². The Morgan fingerprint density at radius 3 is 2.62 bits per heavy atom. The number of piperidine rings is 1. The second kappa shape index (κ2) is 6.48. The molecular formula is C13H19Cl2N. The zero-order chi connectivity index (χ0) is 10.7. The fourth-order valence-electron chi connectivity index (χ4n) is 2.43. The van der Waals surface area contributed by atoms with Crippen LogP contribution >= 0.6 is 24.0 Å². The molecule has 0 bridgehead atoms. The summed E-state index contributed by atoms with van der Waals surface area (Å²) < 4.78 is 0. The third-order valence-electron chi connectivity index (χ3n) is 3.38. The number of nitrogens with zero attached hydrogens (tertiary/aromatic N) is 1. The highest BCUT2D eigenvalue weighted by Gasteiger charge is 2.27. The van der Waals surface area contributed by atoms with Crippen molar-refractivity contribution in [3.63, 3.8) is 0 Å². The van der Waals surface area contributed by atoms with Crippen molar-refractivity contribution in [3.05, 3.63) is 35.9 Å². The number of alkyl halides is 1. The molecule has 90 valence electrons.